The van der Waals surface area contributed by atoms with E-state index in [2.05, 4.69) is 68.3 Å². The van der Waals surface area contributed by atoms with Crippen LogP contribution in [-0.2, 0) is 0 Å². The van der Waals surface area contributed by atoms with E-state index >= 15 is 0 Å². The van der Waals surface area contributed by atoms with Crippen LogP contribution in [0.25, 0.3) is 0 Å². The summed E-state index contributed by atoms with van der Waals surface area (Å²) in [5.41, 5.74) is 0. The lowest BCUT2D eigenvalue weighted by Crippen LogP contribution is -2.48. The van der Waals surface area contributed by atoms with Gasteiger partial charge in [0.1, 0.15) is 0 Å². The molecular weight excluding hydrogens is 264 g/mol. The smallest absolute Gasteiger partial charge is 0.318 e. The number of rotatable bonds is 4. The van der Waals surface area contributed by atoms with E-state index in [0.29, 0.717) is 4.30 Å². The maximum absolute atomic E-state index is 2.30. The van der Waals surface area contributed by atoms with Crippen LogP contribution in [-0.4, -0.2) is 62.7 Å². The molecule has 0 amide bonds. The minimum absolute atomic E-state index is 0. The monoisotopic (exact) mass is 282 g/mol. The third-order valence-corrected chi connectivity index (χ3v) is 5.22. The van der Waals surface area contributed by atoms with Gasteiger partial charge in [0.2, 0.25) is 0 Å². The molecule has 0 spiro atoms. The zero-order valence-corrected chi connectivity index (χ0v) is 13.1. The Hall–Kier alpha value is 0.386. The normalized spacial score (nSPS) is 10.3. The summed E-state index contributed by atoms with van der Waals surface area (Å²) in [5, 5.41) is 0. The van der Waals surface area contributed by atoms with Crippen LogP contribution in [0.3, 0.4) is 0 Å². The van der Waals surface area contributed by atoms with Crippen molar-refractivity contribution in [1.29, 1.82) is 0 Å². The third-order valence-electron chi connectivity index (χ3n) is 2.45. The molecule has 82 valence electrons. The van der Waals surface area contributed by atoms with Crippen LogP contribution in [0.15, 0.2) is 30.3 Å². The quantitative estimate of drug-likeness (QED) is 0.601. The van der Waals surface area contributed by atoms with Crippen molar-refractivity contribution in [2.45, 2.75) is 4.30 Å². The highest BCUT2D eigenvalue weighted by Gasteiger charge is 2.17. The van der Waals surface area contributed by atoms with Crippen molar-refractivity contribution in [1.82, 2.24) is 9.80 Å². The molecule has 2 nitrogen and oxygen atoms in total. The molecule has 0 saturated heterocycles. The van der Waals surface area contributed by atoms with Crippen LogP contribution in [0, 0.1) is 0 Å². The Morgan fingerprint density at radius 1 is 0.933 bits per heavy atom. The fourth-order valence-corrected chi connectivity index (χ4v) is 3.35. The first-order valence-electron chi connectivity index (χ1n) is 4.98. The molecule has 0 N–H and O–H groups in total. The summed E-state index contributed by atoms with van der Waals surface area (Å²) in [6.45, 7) is 0. The van der Waals surface area contributed by atoms with Crippen LogP contribution in [0.5, 0.6) is 0 Å². The predicted octanol–water partition coefficient (Wildman–Crippen LogP) is 1.00. The second-order valence-corrected chi connectivity index (χ2v) is 6.05. The minimum atomic E-state index is -0.241. The Bertz CT molecular complexity index is 257. The molecule has 4 heteroatoms. The van der Waals surface area contributed by atoms with Gasteiger partial charge in [-0.05, 0) is 32.5 Å². The predicted molar refractivity (Wildman–Crippen MR) is 73.3 cm³/mol. The van der Waals surface area contributed by atoms with Crippen molar-refractivity contribution < 1.29 is 0 Å². The van der Waals surface area contributed by atoms with E-state index < -0.39 is 0 Å². The van der Waals surface area contributed by atoms with E-state index in [0.717, 1.165) is 0 Å². The molecule has 1 aromatic rings. The lowest BCUT2D eigenvalue weighted by Gasteiger charge is -2.31. The van der Waals surface area contributed by atoms with Crippen molar-refractivity contribution in [2.75, 3.05) is 28.2 Å². The third kappa shape index (κ3) is 5.31. The molecule has 0 radical (unpaired) electrons. The minimum Gasteiger partial charge on any atom is -0.318 e. The highest BCUT2D eigenvalue weighted by molar-refractivity contribution is 8.93. The first-order valence-corrected chi connectivity index (χ1v) is 6.50. The molecule has 0 fully saturated rings. The number of nitrogens with zero attached hydrogens (tertiary/aromatic N) is 2. The number of hydrogen-bond acceptors (Lipinski definition) is 2. The summed E-state index contributed by atoms with van der Waals surface area (Å²) < 4.78 is 2.14. The van der Waals surface area contributed by atoms with Crippen LogP contribution >= 0.6 is 17.0 Å². The number of hydrogen-bond donors (Lipinski definition) is 0. The second-order valence-electron chi connectivity index (χ2n) is 4.10. The Balaban J connectivity index is 0.00000196. The van der Waals surface area contributed by atoms with E-state index in [9.17, 15) is 0 Å². The molecule has 0 heterocycles. The summed E-state index contributed by atoms with van der Waals surface area (Å²) >= 11 is -0.241. The number of halogens is 1. The van der Waals surface area contributed by atoms with Crippen LogP contribution in [0.4, 0.5) is 0 Å². The molecule has 0 bridgehead atoms. The summed E-state index contributed by atoms with van der Waals surface area (Å²) in [6, 6.07) is 10.8. The molecule has 0 aliphatic rings. The summed E-state index contributed by atoms with van der Waals surface area (Å²) in [7, 11) is 8.61. The van der Waals surface area contributed by atoms with Crippen molar-refractivity contribution in [2.24, 2.45) is 0 Å². The van der Waals surface area contributed by atoms with Gasteiger partial charge in [-0.15, -0.1) is 17.0 Å². The molecule has 1 aromatic carbocycles. The van der Waals surface area contributed by atoms with E-state index in [-0.39, 0.29) is 37.3 Å². The highest BCUT2D eigenvalue weighted by Crippen LogP contribution is 1.95. The van der Waals surface area contributed by atoms with E-state index in [4.69, 9.17) is 0 Å². The standard InChI is InChI=1S/C6H5.C5H13N2.BrH.Mg/c1-2-4-6-5-3-1;1-6(2)5-7(3)4;;/h1-5H;5H,1-4H3;1H;. The molecule has 0 unspecified atom stereocenters. The van der Waals surface area contributed by atoms with Gasteiger partial charge >= 0.3 is 20.4 Å². The lowest BCUT2D eigenvalue weighted by molar-refractivity contribution is 0.202. The average Bonchev–Trinajstić information content (AvgIpc) is 2.15. The molecular formula is C11H19BrMgN2. The molecule has 0 aromatic heterocycles. The van der Waals surface area contributed by atoms with Gasteiger partial charge in [0.05, 0.1) is 0 Å². The van der Waals surface area contributed by atoms with Crippen LogP contribution in [0.1, 0.15) is 0 Å². The van der Waals surface area contributed by atoms with E-state index in [1.54, 1.807) is 0 Å². The van der Waals surface area contributed by atoms with Crippen molar-refractivity contribution in [3.05, 3.63) is 30.3 Å². The molecule has 1 rings (SSSR count). The van der Waals surface area contributed by atoms with E-state index in [1.165, 1.54) is 3.69 Å². The molecule has 0 aliphatic carbocycles. The number of benzene rings is 1. The van der Waals surface area contributed by atoms with E-state index in [1.807, 2.05) is 0 Å². The highest BCUT2D eigenvalue weighted by atomic mass is 79.9. The topological polar surface area (TPSA) is 6.48 Å². The Morgan fingerprint density at radius 2 is 1.40 bits per heavy atom. The largest absolute Gasteiger partial charge is 0.456 e. The SMILES string of the molecule is Br.CN(C)[CH]([Mg][c]1ccccc1)N(C)C. The Labute approximate surface area is 113 Å². The fraction of sp³-hybridized carbons (Fsp3) is 0.455. The van der Waals surface area contributed by atoms with Gasteiger partial charge in [-0.1, -0.05) is 30.3 Å². The summed E-state index contributed by atoms with van der Waals surface area (Å²) in [6.07, 6.45) is 0. The van der Waals surface area contributed by atoms with Crippen LogP contribution < -0.4 is 3.69 Å². The zero-order chi connectivity index (χ0) is 10.6. The first kappa shape index (κ1) is 15.4. The molecule has 0 aliphatic heterocycles. The van der Waals surface area contributed by atoms with Gasteiger partial charge in [0, 0.05) is 0 Å². The lowest BCUT2D eigenvalue weighted by atomic mass is 10.4. The van der Waals surface area contributed by atoms with Gasteiger partial charge < -0.3 is 9.80 Å². The van der Waals surface area contributed by atoms with Gasteiger partial charge in [0.15, 0.2) is 0 Å². The van der Waals surface area contributed by atoms with Gasteiger partial charge in [-0.25, -0.2) is 0 Å². The van der Waals surface area contributed by atoms with Crippen LogP contribution in [0.2, 0.25) is 0 Å². The van der Waals surface area contributed by atoms with Gasteiger partial charge in [-0.2, -0.15) is 3.69 Å². The molecule has 0 atom stereocenters. The molecule has 0 saturated carbocycles. The average molecular weight is 283 g/mol. The maximum Gasteiger partial charge on any atom is 0.456 e. The first-order chi connectivity index (χ1) is 6.61. The Morgan fingerprint density at radius 3 is 1.80 bits per heavy atom. The summed E-state index contributed by atoms with van der Waals surface area (Å²) in [4.78, 5) is 4.61. The summed E-state index contributed by atoms with van der Waals surface area (Å²) in [5.74, 6) is 0. The Kier molecular flexibility index (Phi) is 7.82. The second kappa shape index (κ2) is 7.63. The van der Waals surface area contributed by atoms with Gasteiger partial charge in [-0.3, -0.25) is 0 Å². The van der Waals surface area contributed by atoms with Crippen molar-refractivity contribution in [3.8, 4) is 0 Å². The van der Waals surface area contributed by atoms with Crippen molar-refractivity contribution in [3.63, 3.8) is 0 Å². The van der Waals surface area contributed by atoms with Gasteiger partial charge in [0.25, 0.3) is 0 Å². The van der Waals surface area contributed by atoms with Crippen molar-refractivity contribution >= 4 is 41.0 Å². The maximum atomic E-state index is 2.30. The molecule has 15 heavy (non-hydrogen) atoms. The fourth-order valence-electron chi connectivity index (χ4n) is 1.65. The zero-order valence-electron chi connectivity index (χ0n) is 9.97.